The molecule has 0 radical (unpaired) electrons. The van der Waals surface area contributed by atoms with Gasteiger partial charge in [-0.1, -0.05) is 0 Å². The van der Waals surface area contributed by atoms with Gasteiger partial charge in [0.15, 0.2) is 0 Å². The molecule has 0 spiro atoms. The molecule has 2 fully saturated rings. The number of hydrogen-bond acceptors (Lipinski definition) is 4. The highest BCUT2D eigenvalue weighted by Gasteiger charge is 2.41. The van der Waals surface area contributed by atoms with Gasteiger partial charge >= 0.3 is 0 Å². The molecule has 126 valence electrons. The summed E-state index contributed by atoms with van der Waals surface area (Å²) in [5.74, 6) is -0.390. The van der Waals surface area contributed by atoms with E-state index >= 15 is 0 Å². The molecule has 2 aliphatic rings. The van der Waals surface area contributed by atoms with E-state index in [2.05, 4.69) is 16.9 Å². The van der Waals surface area contributed by atoms with E-state index in [-0.39, 0.29) is 23.9 Å². The van der Waals surface area contributed by atoms with E-state index in [4.69, 9.17) is 4.74 Å². The molecular weight excluding hydrogens is 311 g/mol. The van der Waals surface area contributed by atoms with Crippen molar-refractivity contribution in [2.24, 2.45) is 0 Å². The minimum atomic E-state index is -0.310. The second-order valence-electron chi connectivity index (χ2n) is 6.29. The minimum absolute atomic E-state index is 0.0647. The lowest BCUT2D eigenvalue weighted by molar-refractivity contribution is -0.0368. The Morgan fingerprint density at radius 2 is 2.08 bits per heavy atom. The van der Waals surface area contributed by atoms with Crippen molar-refractivity contribution in [3.05, 3.63) is 48.3 Å². The molecule has 0 bridgehead atoms. The molecule has 0 unspecified atom stereocenters. The van der Waals surface area contributed by atoms with Crippen molar-refractivity contribution in [3.63, 3.8) is 0 Å². The number of rotatable bonds is 2. The zero-order chi connectivity index (χ0) is 16.7. The average molecular weight is 330 g/mol. The molecule has 3 heterocycles. The Hall–Kier alpha value is -2.25. The molecule has 6 nitrogen and oxygen atoms in total. The average Bonchev–Trinajstić information content (AvgIpc) is 3.22. The third kappa shape index (κ3) is 2.59. The third-order valence-corrected chi connectivity index (χ3v) is 4.83. The molecule has 2 aliphatic heterocycles. The number of likely N-dealkylation sites (N-methyl/N-ethyl adjacent to an activating group) is 1. The number of hydrogen-bond donors (Lipinski definition) is 0. The first kappa shape index (κ1) is 15.3. The van der Waals surface area contributed by atoms with Crippen LogP contribution < -0.4 is 0 Å². The minimum Gasteiger partial charge on any atom is -0.373 e. The lowest BCUT2D eigenvalue weighted by atomic mass is 10.1. The van der Waals surface area contributed by atoms with Crippen LogP contribution >= 0.6 is 0 Å². The Labute approximate surface area is 139 Å². The predicted molar refractivity (Wildman–Crippen MR) is 85.6 cm³/mol. The summed E-state index contributed by atoms with van der Waals surface area (Å²) < 4.78 is 20.6. The normalized spacial score (nSPS) is 24.2. The fourth-order valence-electron chi connectivity index (χ4n) is 3.45. The molecule has 2 saturated heterocycles. The zero-order valence-electron chi connectivity index (χ0n) is 13.4. The summed E-state index contributed by atoms with van der Waals surface area (Å²) in [6.45, 7) is 2.82. The van der Waals surface area contributed by atoms with E-state index in [1.165, 1.54) is 12.1 Å². The van der Waals surface area contributed by atoms with E-state index in [9.17, 15) is 9.18 Å². The number of likely N-dealkylation sites (tertiary alicyclic amines) is 1. The van der Waals surface area contributed by atoms with E-state index in [0.29, 0.717) is 31.1 Å². The van der Waals surface area contributed by atoms with Gasteiger partial charge < -0.3 is 9.64 Å². The standard InChI is InChI=1S/C17H19FN4O2/c1-20-6-7-24-16-10-21(9-15(16)20)17(23)14-8-19-11-22(14)13-4-2-12(18)3-5-13/h2-5,8,11,15-16H,6-7,9-10H2,1H3/t15-,16+/m0/s1. The molecule has 0 aliphatic carbocycles. The van der Waals surface area contributed by atoms with Gasteiger partial charge in [-0.05, 0) is 31.3 Å². The van der Waals surface area contributed by atoms with Crippen molar-refractivity contribution >= 4 is 5.91 Å². The van der Waals surface area contributed by atoms with Gasteiger partial charge in [0.05, 0.1) is 31.3 Å². The van der Waals surface area contributed by atoms with Gasteiger partial charge in [-0.25, -0.2) is 9.37 Å². The van der Waals surface area contributed by atoms with Crippen LogP contribution in [0.1, 0.15) is 10.5 Å². The Morgan fingerprint density at radius 1 is 1.29 bits per heavy atom. The number of ether oxygens (including phenoxy) is 1. The monoisotopic (exact) mass is 330 g/mol. The van der Waals surface area contributed by atoms with Crippen molar-refractivity contribution < 1.29 is 13.9 Å². The van der Waals surface area contributed by atoms with Gasteiger partial charge in [-0.3, -0.25) is 14.3 Å². The van der Waals surface area contributed by atoms with Crippen molar-refractivity contribution in [1.29, 1.82) is 0 Å². The smallest absolute Gasteiger partial charge is 0.272 e. The summed E-state index contributed by atoms with van der Waals surface area (Å²) in [7, 11) is 2.07. The van der Waals surface area contributed by atoms with E-state index in [1.54, 1.807) is 29.2 Å². The lowest BCUT2D eigenvalue weighted by Crippen LogP contribution is -2.48. The molecule has 1 aromatic heterocycles. The number of amides is 1. The molecule has 1 aromatic carbocycles. The van der Waals surface area contributed by atoms with Gasteiger partial charge in [-0.2, -0.15) is 0 Å². The fraction of sp³-hybridized carbons (Fsp3) is 0.412. The summed E-state index contributed by atoms with van der Waals surface area (Å²) in [5.41, 5.74) is 1.19. The second-order valence-corrected chi connectivity index (χ2v) is 6.29. The number of carbonyl (C=O) groups is 1. The van der Waals surface area contributed by atoms with Crippen LogP contribution in [-0.4, -0.2) is 70.7 Å². The zero-order valence-corrected chi connectivity index (χ0v) is 13.4. The van der Waals surface area contributed by atoms with E-state index in [0.717, 1.165) is 6.54 Å². The van der Waals surface area contributed by atoms with Crippen molar-refractivity contribution in [2.45, 2.75) is 12.1 Å². The molecule has 2 atom stereocenters. The van der Waals surface area contributed by atoms with Gasteiger partial charge in [0.2, 0.25) is 0 Å². The number of nitrogens with zero attached hydrogens (tertiary/aromatic N) is 4. The quantitative estimate of drug-likeness (QED) is 0.829. The van der Waals surface area contributed by atoms with Gasteiger partial charge in [0, 0.05) is 25.3 Å². The van der Waals surface area contributed by atoms with Gasteiger partial charge in [0.25, 0.3) is 5.91 Å². The first-order chi connectivity index (χ1) is 11.6. The van der Waals surface area contributed by atoms with Crippen LogP contribution in [0.2, 0.25) is 0 Å². The van der Waals surface area contributed by atoms with Crippen LogP contribution in [-0.2, 0) is 4.74 Å². The van der Waals surface area contributed by atoms with Crippen molar-refractivity contribution in [1.82, 2.24) is 19.4 Å². The summed E-state index contributed by atoms with van der Waals surface area (Å²) in [6.07, 6.45) is 3.19. The molecular formula is C17H19FN4O2. The lowest BCUT2D eigenvalue weighted by Gasteiger charge is -2.33. The Kier molecular flexibility index (Phi) is 3.82. The highest BCUT2D eigenvalue weighted by atomic mass is 19.1. The summed E-state index contributed by atoms with van der Waals surface area (Å²) in [4.78, 5) is 21.1. The number of carbonyl (C=O) groups excluding carboxylic acids is 1. The third-order valence-electron chi connectivity index (χ3n) is 4.83. The number of morpholine rings is 1. The van der Waals surface area contributed by atoms with Crippen LogP contribution in [0.4, 0.5) is 4.39 Å². The largest absolute Gasteiger partial charge is 0.373 e. The molecule has 1 amide bonds. The Bertz CT molecular complexity index is 745. The molecule has 7 heteroatoms. The van der Waals surface area contributed by atoms with Gasteiger partial charge in [0.1, 0.15) is 11.5 Å². The molecule has 2 aromatic rings. The van der Waals surface area contributed by atoms with Crippen molar-refractivity contribution in [2.75, 3.05) is 33.3 Å². The Balaban J connectivity index is 1.58. The molecule has 24 heavy (non-hydrogen) atoms. The maximum absolute atomic E-state index is 13.1. The maximum Gasteiger partial charge on any atom is 0.272 e. The number of imidazole rings is 1. The summed E-state index contributed by atoms with van der Waals surface area (Å²) in [5, 5.41) is 0. The van der Waals surface area contributed by atoms with E-state index in [1.807, 2.05) is 4.90 Å². The fourth-order valence-corrected chi connectivity index (χ4v) is 3.45. The number of fused-ring (bicyclic) bond motifs is 1. The first-order valence-corrected chi connectivity index (χ1v) is 8.03. The SMILES string of the molecule is CN1CCO[C@@H]2CN(C(=O)c3cncn3-c3ccc(F)cc3)C[C@@H]21. The highest BCUT2D eigenvalue weighted by Crippen LogP contribution is 2.24. The summed E-state index contributed by atoms with van der Waals surface area (Å²) >= 11 is 0. The van der Waals surface area contributed by atoms with Crippen LogP contribution in [0.15, 0.2) is 36.8 Å². The number of benzene rings is 1. The molecule has 0 N–H and O–H groups in total. The van der Waals surface area contributed by atoms with Crippen LogP contribution in [0.3, 0.4) is 0 Å². The maximum atomic E-state index is 13.1. The molecule has 0 saturated carbocycles. The molecule has 4 rings (SSSR count). The van der Waals surface area contributed by atoms with E-state index < -0.39 is 0 Å². The van der Waals surface area contributed by atoms with Crippen LogP contribution in [0.5, 0.6) is 0 Å². The number of halogens is 1. The van der Waals surface area contributed by atoms with Gasteiger partial charge in [-0.15, -0.1) is 0 Å². The summed E-state index contributed by atoms with van der Waals surface area (Å²) in [6, 6.07) is 6.25. The van der Waals surface area contributed by atoms with Crippen molar-refractivity contribution in [3.8, 4) is 5.69 Å². The van der Waals surface area contributed by atoms with Crippen LogP contribution in [0, 0.1) is 5.82 Å². The number of aromatic nitrogens is 2. The topological polar surface area (TPSA) is 50.6 Å². The predicted octanol–water partition coefficient (Wildman–Crippen LogP) is 1.17. The highest BCUT2D eigenvalue weighted by molar-refractivity contribution is 5.93. The second kappa shape index (κ2) is 5.99. The van der Waals surface area contributed by atoms with Crippen LogP contribution in [0.25, 0.3) is 5.69 Å². The first-order valence-electron chi connectivity index (χ1n) is 8.03. The Morgan fingerprint density at radius 3 is 2.83 bits per heavy atom.